The Kier molecular flexibility index (Phi) is 37.3. The molecular formula is C117H162F8N2O8. The van der Waals surface area contributed by atoms with Crippen molar-refractivity contribution < 1.29 is 73.0 Å². The van der Waals surface area contributed by atoms with E-state index in [1.807, 2.05) is 66.7 Å². The van der Waals surface area contributed by atoms with Crippen molar-refractivity contribution in [3.8, 4) is 46.0 Å². The van der Waals surface area contributed by atoms with Gasteiger partial charge in [0.25, 0.3) is 6.43 Å². The van der Waals surface area contributed by atoms with Crippen molar-refractivity contribution in [2.24, 2.45) is 35.0 Å². The van der Waals surface area contributed by atoms with E-state index in [4.69, 9.17) is 37.9 Å². The Morgan fingerprint density at radius 1 is 0.356 bits per heavy atom. The number of likely N-dealkylation sites (tertiary alicyclic amines) is 1. The van der Waals surface area contributed by atoms with E-state index in [-0.39, 0.29) is 95.3 Å². The topological polar surface area (TPSA) is 80.3 Å². The van der Waals surface area contributed by atoms with Gasteiger partial charge in [-0.3, -0.25) is 4.90 Å². The van der Waals surface area contributed by atoms with E-state index in [0.717, 1.165) is 115 Å². The summed E-state index contributed by atoms with van der Waals surface area (Å²) in [6, 6.07) is 42.2. The summed E-state index contributed by atoms with van der Waals surface area (Å²) in [6.07, 6.45) is 17.4. The van der Waals surface area contributed by atoms with Crippen LogP contribution in [0, 0.1) is 69.9 Å². The second-order valence-electron chi connectivity index (χ2n) is 47.6. The molecule has 9 aliphatic rings. The molecule has 3 aliphatic heterocycles. The van der Waals surface area contributed by atoms with Gasteiger partial charge >= 0.3 is 0 Å². The smallest absolute Gasteiger partial charge is 0.267 e. The van der Waals surface area contributed by atoms with E-state index in [9.17, 15) is 35.1 Å². The Morgan fingerprint density at radius 3 is 1.20 bits per heavy atom. The number of nitrogens with zero attached hydrogens (tertiary/aromatic N) is 2. The lowest BCUT2D eigenvalue weighted by Crippen LogP contribution is -2.31. The van der Waals surface area contributed by atoms with Gasteiger partial charge in [-0.15, -0.1) is 0 Å². The molecule has 3 heterocycles. The molecule has 0 N–H and O–H groups in total. The van der Waals surface area contributed by atoms with Crippen molar-refractivity contribution in [2.75, 3.05) is 83.9 Å². The first-order valence-corrected chi connectivity index (χ1v) is 50.0. The minimum Gasteiger partial charge on any atom is -0.493 e. The second kappa shape index (κ2) is 46.4. The number of hydrogen-bond donors (Lipinski definition) is 0. The monoisotopic (exact) mass is 1880 g/mol. The van der Waals surface area contributed by atoms with Crippen LogP contribution in [-0.2, 0) is 43.3 Å². The molecule has 0 radical (unpaired) electrons. The summed E-state index contributed by atoms with van der Waals surface area (Å²) < 4.78 is 153. The van der Waals surface area contributed by atoms with Crippen LogP contribution in [0.4, 0.5) is 40.8 Å². The quantitative estimate of drug-likeness (QED) is 0.0612. The summed E-state index contributed by atoms with van der Waals surface area (Å²) in [7, 11) is 0. The molecule has 744 valence electrons. The highest BCUT2D eigenvalue weighted by Crippen LogP contribution is 2.47. The fourth-order valence-corrected chi connectivity index (χ4v) is 15.2. The number of rotatable bonds is 22. The first kappa shape index (κ1) is 108. The molecule has 6 aliphatic carbocycles. The molecule has 10 nitrogen and oxygen atoms in total. The van der Waals surface area contributed by atoms with Crippen molar-refractivity contribution in [2.45, 2.75) is 332 Å². The molecule has 1 unspecified atom stereocenters. The van der Waals surface area contributed by atoms with E-state index in [0.29, 0.717) is 91.2 Å². The van der Waals surface area contributed by atoms with Crippen LogP contribution in [0.15, 0.2) is 146 Å². The molecule has 0 amide bonds. The second-order valence-corrected chi connectivity index (χ2v) is 47.6. The lowest BCUT2D eigenvalue weighted by molar-refractivity contribution is 0.0755. The standard InChI is InChI=1S/C16H24FNO.C15H20F2O.C15H21FO.C15H20O2.C14H20FN.3C14H19FO/c1-16(2,3)13-6-7-14(17)15(12-13)19-11-10-18-8-4-5-9-18;1-15(2,3)11-6-7-12(14(16)17)13(8-11)18-9-10-4-5-10;1-14(2,3)11-5-6-12(16)13(9-11)17-10-15(4)7-8-15;1-15(2,3)11-6-7-12-13(8-11)17-14(9-16-12)10-4-5-10;1-14(2,3)11-6-7-12(15)13(10-11)16-8-4-5-9-16;1-14(2,3)11-6-12(15)8-13(7-11)16-9-10-4-5-10;1-14(2,3)12-7-6-11(15)8-13(12)16-9-10-4-5-10;1-14(2,3)11-6-7-12(15)13(8-11)16-9-10-4-5-10/h6-7,12H,4-5,8-11H2,1-3H3;6-8,10,14H,4-5,9H2,1-3H3;5-6,9H,7-8,10H2,1-4H3;6-8,10,14H,4-5,9H2,1-3H3;6-7,10H,4-5,8-9H2,1-3H3;3*6-8,10H,4-5,9H2,1-3H3. The molecule has 0 spiro atoms. The van der Waals surface area contributed by atoms with Crippen LogP contribution in [-0.4, -0.2) is 90.0 Å². The van der Waals surface area contributed by atoms with E-state index >= 15 is 0 Å². The first-order valence-electron chi connectivity index (χ1n) is 50.0. The SMILES string of the molecule is CC(C)(C)c1cc(F)cc(OCC2CC2)c1.CC(C)(C)c1ccc(C(F)F)c(OCC2CC2)c1.CC(C)(C)c1ccc(F)c(N2CCCC2)c1.CC(C)(C)c1ccc(F)c(OCC2CC2)c1.CC(C)(C)c1ccc(F)c(OCCN2CCCC2)c1.CC(C)(C)c1ccc(F)cc1OCC1CC1.CC(C)(C)c1ccc2c(c1)OC(C1CC1)CO2.CC1(COc2cc(C(C)(C)C)ccc2F)CC1. The maximum Gasteiger partial charge on any atom is 0.267 e. The third-order valence-electron chi connectivity index (χ3n) is 26.1. The predicted molar refractivity (Wildman–Crippen MR) is 537 cm³/mol. The van der Waals surface area contributed by atoms with Gasteiger partial charge in [0, 0.05) is 37.2 Å². The first-order chi connectivity index (χ1) is 63.0. The van der Waals surface area contributed by atoms with Crippen LogP contribution < -0.4 is 42.8 Å². The number of halogens is 8. The molecule has 8 fully saturated rings. The molecule has 18 heteroatoms. The highest BCUT2D eigenvalue weighted by Gasteiger charge is 2.40. The van der Waals surface area contributed by atoms with Crippen molar-refractivity contribution in [1.29, 1.82) is 0 Å². The summed E-state index contributed by atoms with van der Waals surface area (Å²) in [5.74, 6) is 6.75. The van der Waals surface area contributed by atoms with Gasteiger partial charge in [-0.05, 0) is 324 Å². The summed E-state index contributed by atoms with van der Waals surface area (Å²) in [4.78, 5) is 4.52. The van der Waals surface area contributed by atoms with Gasteiger partial charge in [0.05, 0.1) is 44.3 Å². The molecule has 135 heavy (non-hydrogen) atoms. The average Bonchev–Trinajstić information content (AvgIpc) is 1.72. The predicted octanol–water partition coefficient (Wildman–Crippen LogP) is 31.6. The third-order valence-corrected chi connectivity index (χ3v) is 26.1. The molecule has 8 aromatic rings. The Morgan fingerprint density at radius 2 is 0.756 bits per heavy atom. The maximum absolute atomic E-state index is 13.8. The van der Waals surface area contributed by atoms with Gasteiger partial charge in [-0.2, -0.15) is 0 Å². The van der Waals surface area contributed by atoms with E-state index < -0.39 is 6.43 Å². The summed E-state index contributed by atoms with van der Waals surface area (Å²) in [5, 5.41) is 0. The summed E-state index contributed by atoms with van der Waals surface area (Å²) in [5.41, 5.74) is 10.2. The maximum atomic E-state index is 13.8. The van der Waals surface area contributed by atoms with E-state index in [2.05, 4.69) is 195 Å². The van der Waals surface area contributed by atoms with Crippen LogP contribution in [0.5, 0.6) is 46.0 Å². The molecule has 8 aromatic carbocycles. The van der Waals surface area contributed by atoms with Crippen LogP contribution in [0.2, 0.25) is 0 Å². The Bertz CT molecular complexity index is 5070. The zero-order valence-corrected chi connectivity index (χ0v) is 86.4. The van der Waals surface area contributed by atoms with Crippen LogP contribution in [0.25, 0.3) is 0 Å². The number of alkyl halides is 2. The minimum atomic E-state index is -2.48. The van der Waals surface area contributed by atoms with Gasteiger partial charge in [0.1, 0.15) is 54.0 Å². The number of fused-ring (bicyclic) bond motifs is 1. The molecule has 1 atom stereocenters. The van der Waals surface area contributed by atoms with Crippen molar-refractivity contribution in [3.63, 3.8) is 0 Å². The normalized spacial score (nSPS) is 17.5. The number of hydrogen-bond acceptors (Lipinski definition) is 10. The van der Waals surface area contributed by atoms with Crippen LogP contribution in [0.1, 0.15) is 332 Å². The number of benzene rings is 8. The molecule has 2 saturated heterocycles. The van der Waals surface area contributed by atoms with Gasteiger partial charge < -0.3 is 42.8 Å². The van der Waals surface area contributed by atoms with E-state index in [1.165, 1.54) is 143 Å². The van der Waals surface area contributed by atoms with Crippen molar-refractivity contribution >= 4 is 5.69 Å². The van der Waals surface area contributed by atoms with Crippen LogP contribution >= 0.6 is 0 Å². The highest BCUT2D eigenvalue weighted by molar-refractivity contribution is 5.53. The van der Waals surface area contributed by atoms with E-state index in [1.54, 1.807) is 24.3 Å². The van der Waals surface area contributed by atoms with Gasteiger partial charge in [0.15, 0.2) is 46.2 Å². The zero-order valence-electron chi connectivity index (χ0n) is 86.4. The summed E-state index contributed by atoms with van der Waals surface area (Å²) in [6.45, 7) is 62.9. The molecule has 0 aromatic heterocycles. The molecule has 17 rings (SSSR count). The van der Waals surface area contributed by atoms with Gasteiger partial charge in [-0.1, -0.05) is 216 Å². The van der Waals surface area contributed by atoms with Gasteiger partial charge in [-0.25, -0.2) is 35.1 Å². The van der Waals surface area contributed by atoms with Crippen molar-refractivity contribution in [3.05, 3.63) is 231 Å². The minimum absolute atomic E-state index is 0.00338. The molecule has 6 saturated carbocycles. The largest absolute Gasteiger partial charge is 0.493 e. The summed E-state index contributed by atoms with van der Waals surface area (Å²) >= 11 is 0. The number of ether oxygens (including phenoxy) is 8. The third kappa shape index (κ3) is 36.3. The van der Waals surface area contributed by atoms with Crippen LogP contribution in [0.3, 0.4) is 0 Å². The van der Waals surface area contributed by atoms with Gasteiger partial charge in [0.2, 0.25) is 0 Å². The number of anilines is 1. The van der Waals surface area contributed by atoms with Crippen molar-refractivity contribution in [1.82, 2.24) is 4.90 Å². The Hall–Kier alpha value is -8.64. The Labute approximate surface area is 806 Å². The fourth-order valence-electron chi connectivity index (χ4n) is 15.2. The Balaban J connectivity index is 0.000000160. The lowest BCUT2D eigenvalue weighted by Gasteiger charge is -2.28. The average molecular weight is 1880 g/mol. The molecular weight excluding hydrogens is 1710 g/mol. The molecule has 0 bridgehead atoms. The zero-order chi connectivity index (χ0) is 99.0. The highest BCUT2D eigenvalue weighted by atomic mass is 19.3. The lowest BCUT2D eigenvalue weighted by atomic mass is 9.86. The fraction of sp³-hybridized carbons (Fsp3) is 0.590.